The molecule has 2 aromatic carbocycles. The summed E-state index contributed by atoms with van der Waals surface area (Å²) in [5, 5.41) is 2.85. The second-order valence-electron chi connectivity index (χ2n) is 3.64. The minimum Gasteiger partial charge on any atom is -0.0683 e. The third-order valence-electron chi connectivity index (χ3n) is 2.84. The summed E-state index contributed by atoms with van der Waals surface area (Å²) in [6.45, 7) is 16.4. The van der Waals surface area contributed by atoms with Crippen molar-refractivity contribution in [3.63, 3.8) is 0 Å². The van der Waals surface area contributed by atoms with Crippen LogP contribution in [0.1, 0.15) is 66.5 Å². The lowest BCUT2D eigenvalue weighted by Gasteiger charge is -2.08. The molecule has 2 rings (SSSR count). The zero-order valence-electron chi connectivity index (χ0n) is 14.9. The number of hydrogen-bond acceptors (Lipinski definition) is 0. The van der Waals surface area contributed by atoms with Gasteiger partial charge < -0.3 is 0 Å². The average Bonchev–Trinajstić information content (AvgIpc) is 2.59. The minimum absolute atomic E-state index is 1.12. The fourth-order valence-corrected chi connectivity index (χ4v) is 2.09. The molecular formula is C20H34. The van der Waals surface area contributed by atoms with Crippen LogP contribution in [0.15, 0.2) is 36.4 Å². The van der Waals surface area contributed by atoms with Gasteiger partial charge in [-0.05, 0) is 34.7 Å². The largest absolute Gasteiger partial charge is 0.0683 e. The van der Waals surface area contributed by atoms with Gasteiger partial charge in [-0.15, -0.1) is 0 Å². The molecule has 114 valence electrons. The molecule has 0 aliphatic carbocycles. The molecule has 0 amide bonds. The lowest BCUT2D eigenvalue weighted by atomic mass is 9.97. The molecule has 0 N–H and O–H groups in total. The van der Waals surface area contributed by atoms with Gasteiger partial charge >= 0.3 is 0 Å². The van der Waals surface area contributed by atoms with Gasteiger partial charge in [0.1, 0.15) is 0 Å². The van der Waals surface area contributed by atoms with E-state index >= 15 is 0 Å². The molecule has 0 unspecified atom stereocenters. The van der Waals surface area contributed by atoms with Gasteiger partial charge in [0, 0.05) is 0 Å². The Labute approximate surface area is 127 Å². The summed E-state index contributed by atoms with van der Waals surface area (Å²) in [7, 11) is 0. The van der Waals surface area contributed by atoms with Crippen LogP contribution in [0.5, 0.6) is 0 Å². The van der Waals surface area contributed by atoms with Gasteiger partial charge in [0.15, 0.2) is 0 Å². The van der Waals surface area contributed by atoms with E-state index in [1.54, 1.807) is 0 Å². The van der Waals surface area contributed by atoms with E-state index in [0.717, 1.165) is 12.8 Å². The Kier molecular flexibility index (Phi) is 14.8. The van der Waals surface area contributed by atoms with E-state index in [4.69, 9.17) is 0 Å². The molecule has 0 spiro atoms. The van der Waals surface area contributed by atoms with Gasteiger partial charge in [-0.25, -0.2) is 0 Å². The monoisotopic (exact) mass is 274 g/mol. The highest BCUT2D eigenvalue weighted by Gasteiger charge is 2.02. The highest BCUT2D eigenvalue weighted by Crippen LogP contribution is 2.23. The first-order valence-corrected chi connectivity index (χ1v) is 8.36. The Bertz CT molecular complexity index is 402. The van der Waals surface area contributed by atoms with Gasteiger partial charge in [-0.1, -0.05) is 91.8 Å². The minimum atomic E-state index is 1.12. The molecule has 0 aliphatic rings. The molecule has 0 bridgehead atoms. The van der Waals surface area contributed by atoms with E-state index in [2.05, 4.69) is 50.2 Å². The van der Waals surface area contributed by atoms with Crippen LogP contribution >= 0.6 is 0 Å². The van der Waals surface area contributed by atoms with Crippen LogP contribution < -0.4 is 0 Å². The third kappa shape index (κ3) is 5.77. The van der Waals surface area contributed by atoms with Crippen molar-refractivity contribution in [2.75, 3.05) is 0 Å². The van der Waals surface area contributed by atoms with Crippen LogP contribution in [-0.4, -0.2) is 0 Å². The second kappa shape index (κ2) is 14.1. The van der Waals surface area contributed by atoms with Crippen LogP contribution in [0.25, 0.3) is 10.8 Å². The summed E-state index contributed by atoms with van der Waals surface area (Å²) in [6.07, 6.45) is 2.24. The van der Waals surface area contributed by atoms with Crippen LogP contribution in [-0.2, 0) is 12.8 Å². The van der Waals surface area contributed by atoms with Crippen LogP contribution in [0, 0.1) is 0 Å². The first kappa shape index (κ1) is 21.0. The van der Waals surface area contributed by atoms with Crippen LogP contribution in [0.3, 0.4) is 0 Å². The molecule has 20 heavy (non-hydrogen) atoms. The van der Waals surface area contributed by atoms with Crippen LogP contribution in [0.4, 0.5) is 0 Å². The maximum Gasteiger partial charge on any atom is -0.0120 e. The summed E-state index contributed by atoms with van der Waals surface area (Å²) in [6, 6.07) is 13.2. The van der Waals surface area contributed by atoms with Crippen molar-refractivity contribution in [3.8, 4) is 0 Å². The molecule has 2 aromatic rings. The van der Waals surface area contributed by atoms with E-state index in [0.29, 0.717) is 0 Å². The maximum atomic E-state index is 2.24. The van der Waals surface area contributed by atoms with Crippen LogP contribution in [0.2, 0.25) is 0 Å². The Hall–Kier alpha value is -1.30. The summed E-state index contributed by atoms with van der Waals surface area (Å²) in [5.74, 6) is 0. The van der Waals surface area contributed by atoms with E-state index in [1.165, 1.54) is 21.9 Å². The van der Waals surface area contributed by atoms with E-state index in [-0.39, 0.29) is 0 Å². The number of hydrogen-bond donors (Lipinski definition) is 0. The Morgan fingerprint density at radius 2 is 0.950 bits per heavy atom. The van der Waals surface area contributed by atoms with E-state index < -0.39 is 0 Å². The first-order chi connectivity index (χ1) is 9.86. The fourth-order valence-electron chi connectivity index (χ4n) is 2.09. The summed E-state index contributed by atoms with van der Waals surface area (Å²) in [5.41, 5.74) is 2.94. The normalized spacial score (nSPS) is 8.40. The molecular weight excluding hydrogens is 240 g/mol. The standard InChI is InChI=1S/C14H16.3C2H6/c1-3-11-7-5-9-13-10-6-8-12(4-2)14(11)13;3*1-2/h5-10H,3-4H2,1-2H3;3*1-2H3. The number of aryl methyl sites for hydroxylation is 2. The quantitative estimate of drug-likeness (QED) is 0.550. The lowest BCUT2D eigenvalue weighted by molar-refractivity contribution is 1.12. The van der Waals surface area contributed by atoms with Crippen molar-refractivity contribution in [3.05, 3.63) is 47.5 Å². The van der Waals surface area contributed by atoms with Crippen molar-refractivity contribution in [1.82, 2.24) is 0 Å². The zero-order valence-corrected chi connectivity index (χ0v) is 14.9. The highest BCUT2D eigenvalue weighted by molar-refractivity contribution is 5.88. The molecule has 0 saturated carbocycles. The predicted molar refractivity (Wildman–Crippen MR) is 96.7 cm³/mol. The number of rotatable bonds is 2. The summed E-state index contributed by atoms with van der Waals surface area (Å²) in [4.78, 5) is 0. The molecule has 0 fully saturated rings. The van der Waals surface area contributed by atoms with Gasteiger partial charge in [0.2, 0.25) is 0 Å². The van der Waals surface area contributed by atoms with Crippen molar-refractivity contribution < 1.29 is 0 Å². The molecule has 0 saturated heterocycles. The molecule has 0 aliphatic heterocycles. The molecule has 0 heterocycles. The molecule has 0 atom stereocenters. The SMILES string of the molecule is CC.CC.CC.CCc1cccc2cccc(CC)c12. The molecule has 0 heteroatoms. The van der Waals surface area contributed by atoms with Crippen molar-refractivity contribution in [2.45, 2.75) is 68.2 Å². The fraction of sp³-hybridized carbons (Fsp3) is 0.500. The second-order valence-corrected chi connectivity index (χ2v) is 3.64. The predicted octanol–water partition coefficient (Wildman–Crippen LogP) is 7.04. The average molecular weight is 274 g/mol. The summed E-state index contributed by atoms with van der Waals surface area (Å²) < 4.78 is 0. The van der Waals surface area contributed by atoms with Crippen molar-refractivity contribution in [2.24, 2.45) is 0 Å². The van der Waals surface area contributed by atoms with Gasteiger partial charge in [0.05, 0.1) is 0 Å². The topological polar surface area (TPSA) is 0 Å². The molecule has 0 nitrogen and oxygen atoms in total. The van der Waals surface area contributed by atoms with Gasteiger partial charge in [0.25, 0.3) is 0 Å². The summed E-state index contributed by atoms with van der Waals surface area (Å²) >= 11 is 0. The van der Waals surface area contributed by atoms with Gasteiger partial charge in [-0.3, -0.25) is 0 Å². The molecule has 0 aromatic heterocycles. The third-order valence-corrected chi connectivity index (χ3v) is 2.84. The molecule has 0 radical (unpaired) electrons. The Morgan fingerprint density at radius 3 is 1.25 bits per heavy atom. The smallest absolute Gasteiger partial charge is 0.0120 e. The van der Waals surface area contributed by atoms with E-state index in [1.807, 2.05) is 41.5 Å². The van der Waals surface area contributed by atoms with Gasteiger partial charge in [-0.2, -0.15) is 0 Å². The number of fused-ring (bicyclic) bond motifs is 1. The Balaban J connectivity index is 0. The van der Waals surface area contributed by atoms with Crippen molar-refractivity contribution in [1.29, 1.82) is 0 Å². The first-order valence-electron chi connectivity index (χ1n) is 8.36. The zero-order chi connectivity index (χ0) is 16.0. The lowest BCUT2D eigenvalue weighted by Crippen LogP contribution is -1.89. The Morgan fingerprint density at radius 1 is 0.600 bits per heavy atom. The van der Waals surface area contributed by atoms with E-state index in [9.17, 15) is 0 Å². The maximum absolute atomic E-state index is 2.24. The highest BCUT2D eigenvalue weighted by atomic mass is 14.1. The number of benzene rings is 2. The van der Waals surface area contributed by atoms with Crippen molar-refractivity contribution >= 4 is 10.8 Å².